The Hall–Kier alpha value is -4.53. The van der Waals surface area contributed by atoms with Gasteiger partial charge in [0, 0.05) is 31.1 Å². The van der Waals surface area contributed by atoms with Crippen molar-refractivity contribution in [2.24, 2.45) is 14.1 Å². The Kier molecular flexibility index (Phi) is 5.86. The Bertz CT molecular complexity index is 1490. The minimum Gasteiger partial charge on any atom is -0.452 e. The van der Waals surface area contributed by atoms with Crippen molar-refractivity contribution in [1.82, 2.24) is 14.1 Å². The molecule has 2 aromatic carbocycles. The molecular weight excluding hydrogens is 424 g/mol. The number of aromatic nitrogens is 3. The first-order valence-electron chi connectivity index (χ1n) is 10.0. The first-order chi connectivity index (χ1) is 15.8. The second-order valence-electron chi connectivity index (χ2n) is 7.33. The van der Waals surface area contributed by atoms with Gasteiger partial charge < -0.3 is 10.1 Å². The van der Waals surface area contributed by atoms with Crippen molar-refractivity contribution in [3.8, 4) is 11.3 Å². The second kappa shape index (κ2) is 8.91. The number of nitrogens with zero attached hydrogens (tertiary/aromatic N) is 3. The number of nitrogens with one attached hydrogen (secondary N) is 1. The number of carbonyl (C=O) groups is 2. The van der Waals surface area contributed by atoms with E-state index in [4.69, 9.17) is 4.74 Å². The zero-order chi connectivity index (χ0) is 23.5. The summed E-state index contributed by atoms with van der Waals surface area (Å²) in [6.07, 6.45) is 0. The fourth-order valence-corrected chi connectivity index (χ4v) is 3.34. The lowest BCUT2D eigenvalue weighted by atomic mass is 10.0. The summed E-state index contributed by atoms with van der Waals surface area (Å²) in [4.78, 5) is 53.7. The van der Waals surface area contributed by atoms with Gasteiger partial charge in [-0.2, -0.15) is 0 Å². The van der Waals surface area contributed by atoms with Crippen LogP contribution < -0.4 is 16.6 Å². The summed E-state index contributed by atoms with van der Waals surface area (Å²) < 4.78 is 7.26. The average Bonchev–Trinajstić information content (AvgIpc) is 2.84. The number of anilines is 1. The summed E-state index contributed by atoms with van der Waals surface area (Å²) in [6, 6.07) is 19.3. The maximum Gasteiger partial charge on any atom is 0.339 e. The molecule has 0 atom stereocenters. The molecule has 0 saturated heterocycles. The van der Waals surface area contributed by atoms with Gasteiger partial charge in [0.05, 0.1) is 16.8 Å². The molecule has 9 heteroatoms. The normalized spacial score (nSPS) is 10.7. The molecule has 4 aromatic rings. The van der Waals surface area contributed by atoms with E-state index < -0.39 is 29.7 Å². The summed E-state index contributed by atoms with van der Waals surface area (Å²) in [7, 11) is 2.75. The molecule has 0 spiro atoms. The molecule has 2 heterocycles. The number of para-hydroxylation sites is 1. The fraction of sp³-hybridized carbons (Fsp3) is 0.125. The molecule has 0 radical (unpaired) electrons. The molecule has 0 aliphatic carbocycles. The van der Waals surface area contributed by atoms with E-state index in [0.717, 1.165) is 20.8 Å². The van der Waals surface area contributed by atoms with Crippen LogP contribution in [-0.4, -0.2) is 32.6 Å². The fourth-order valence-electron chi connectivity index (χ4n) is 3.34. The third kappa shape index (κ3) is 4.42. The molecule has 0 aliphatic rings. The van der Waals surface area contributed by atoms with E-state index in [1.54, 1.807) is 24.3 Å². The van der Waals surface area contributed by atoms with E-state index in [-0.39, 0.29) is 11.4 Å². The minimum absolute atomic E-state index is 0.00451. The highest BCUT2D eigenvalue weighted by molar-refractivity contribution is 6.05. The Balaban J connectivity index is 1.57. The van der Waals surface area contributed by atoms with Crippen LogP contribution in [0.1, 0.15) is 10.4 Å². The highest BCUT2D eigenvalue weighted by atomic mass is 16.5. The topological polar surface area (TPSA) is 112 Å². The molecule has 9 nitrogen and oxygen atoms in total. The van der Waals surface area contributed by atoms with Gasteiger partial charge in [0.2, 0.25) is 0 Å². The van der Waals surface area contributed by atoms with Crippen LogP contribution in [0.15, 0.2) is 76.3 Å². The number of benzene rings is 2. The quantitative estimate of drug-likeness (QED) is 0.472. The number of hydrogen-bond acceptors (Lipinski definition) is 6. The summed E-state index contributed by atoms with van der Waals surface area (Å²) >= 11 is 0. The molecular formula is C24H20N4O5. The predicted molar refractivity (Wildman–Crippen MR) is 123 cm³/mol. The van der Waals surface area contributed by atoms with Crippen molar-refractivity contribution in [1.29, 1.82) is 0 Å². The number of amides is 1. The number of hydrogen-bond donors (Lipinski definition) is 1. The van der Waals surface area contributed by atoms with Gasteiger partial charge in [0.25, 0.3) is 11.5 Å². The van der Waals surface area contributed by atoms with Gasteiger partial charge in [-0.15, -0.1) is 0 Å². The molecule has 0 saturated carbocycles. The van der Waals surface area contributed by atoms with E-state index in [2.05, 4.69) is 10.3 Å². The van der Waals surface area contributed by atoms with Gasteiger partial charge in [0.15, 0.2) is 6.61 Å². The van der Waals surface area contributed by atoms with Crippen molar-refractivity contribution < 1.29 is 14.3 Å². The van der Waals surface area contributed by atoms with Crippen LogP contribution in [0.25, 0.3) is 22.2 Å². The number of pyridine rings is 1. The summed E-state index contributed by atoms with van der Waals surface area (Å²) in [6.45, 7) is -0.598. The largest absolute Gasteiger partial charge is 0.452 e. The molecule has 0 fully saturated rings. The Labute approximate surface area is 187 Å². The third-order valence-corrected chi connectivity index (χ3v) is 5.13. The lowest BCUT2D eigenvalue weighted by Gasteiger charge is -2.12. The van der Waals surface area contributed by atoms with E-state index in [0.29, 0.717) is 16.6 Å². The number of rotatable bonds is 5. The Morgan fingerprint density at radius 3 is 2.39 bits per heavy atom. The number of fused-ring (bicyclic) bond motifs is 1. The van der Waals surface area contributed by atoms with Crippen LogP contribution in [0.2, 0.25) is 0 Å². The summed E-state index contributed by atoms with van der Waals surface area (Å²) in [5, 5.41) is 3.02. The number of carbonyl (C=O) groups excluding carboxylic acids is 2. The van der Waals surface area contributed by atoms with Crippen LogP contribution >= 0.6 is 0 Å². The zero-order valence-corrected chi connectivity index (χ0v) is 17.9. The molecule has 0 aliphatic heterocycles. The molecule has 1 amide bonds. The van der Waals surface area contributed by atoms with Crippen molar-refractivity contribution in [3.05, 3.63) is 93.1 Å². The van der Waals surface area contributed by atoms with Gasteiger partial charge in [-0.3, -0.25) is 18.7 Å². The maximum absolute atomic E-state index is 12.9. The van der Waals surface area contributed by atoms with E-state index in [1.165, 1.54) is 14.1 Å². The minimum atomic E-state index is -0.696. The Morgan fingerprint density at radius 2 is 1.64 bits per heavy atom. The summed E-state index contributed by atoms with van der Waals surface area (Å²) in [5.74, 6) is -1.38. The molecule has 166 valence electrons. The van der Waals surface area contributed by atoms with Gasteiger partial charge in [-0.05, 0) is 12.1 Å². The third-order valence-electron chi connectivity index (χ3n) is 5.13. The predicted octanol–water partition coefficient (Wildman–Crippen LogP) is 2.09. The van der Waals surface area contributed by atoms with Gasteiger partial charge in [-0.25, -0.2) is 14.6 Å². The van der Waals surface area contributed by atoms with E-state index in [9.17, 15) is 19.2 Å². The van der Waals surface area contributed by atoms with Crippen molar-refractivity contribution in [2.75, 3.05) is 11.9 Å². The van der Waals surface area contributed by atoms with E-state index >= 15 is 0 Å². The van der Waals surface area contributed by atoms with Crippen LogP contribution in [0.4, 0.5) is 5.82 Å². The first kappa shape index (κ1) is 21.7. The molecule has 0 unspecified atom stereocenters. The van der Waals surface area contributed by atoms with Crippen LogP contribution in [0, 0.1) is 0 Å². The van der Waals surface area contributed by atoms with Crippen LogP contribution in [0.5, 0.6) is 0 Å². The molecule has 4 rings (SSSR count). The van der Waals surface area contributed by atoms with Crippen molar-refractivity contribution >= 4 is 28.6 Å². The second-order valence-corrected chi connectivity index (χ2v) is 7.33. The van der Waals surface area contributed by atoms with Gasteiger partial charge >= 0.3 is 11.7 Å². The Morgan fingerprint density at radius 1 is 0.939 bits per heavy atom. The molecule has 33 heavy (non-hydrogen) atoms. The first-order valence-corrected chi connectivity index (χ1v) is 10.0. The summed E-state index contributed by atoms with van der Waals surface area (Å²) in [5.41, 5.74) is 1.16. The van der Waals surface area contributed by atoms with Crippen molar-refractivity contribution in [2.45, 2.75) is 0 Å². The highest BCUT2D eigenvalue weighted by Gasteiger charge is 2.17. The average molecular weight is 444 g/mol. The SMILES string of the molecule is Cn1c(NC(=O)COC(=O)c2cc(-c3ccccc3)nc3ccccc23)cc(=O)n(C)c1=O. The standard InChI is InChI=1S/C24H20N4O5/c1-27-20(13-22(30)28(2)24(27)32)26-21(29)14-33-23(31)17-12-19(15-8-4-3-5-9-15)25-18-11-7-6-10-16(17)18/h3-13H,14H2,1-2H3,(H,26,29). The van der Waals surface area contributed by atoms with Crippen LogP contribution in [0.3, 0.4) is 0 Å². The van der Waals surface area contributed by atoms with Crippen molar-refractivity contribution in [3.63, 3.8) is 0 Å². The lowest BCUT2D eigenvalue weighted by Crippen LogP contribution is -2.38. The van der Waals surface area contributed by atoms with E-state index in [1.807, 2.05) is 36.4 Å². The molecule has 2 aromatic heterocycles. The lowest BCUT2D eigenvalue weighted by molar-refractivity contribution is -0.119. The van der Waals surface area contributed by atoms with Crippen LogP contribution in [-0.2, 0) is 23.6 Å². The number of ether oxygens (including phenoxy) is 1. The molecule has 1 N–H and O–H groups in total. The van der Waals surface area contributed by atoms with Gasteiger partial charge in [-0.1, -0.05) is 48.5 Å². The highest BCUT2D eigenvalue weighted by Crippen LogP contribution is 2.25. The smallest absolute Gasteiger partial charge is 0.339 e. The maximum atomic E-state index is 12.9. The zero-order valence-electron chi connectivity index (χ0n) is 17.9. The van der Waals surface area contributed by atoms with Gasteiger partial charge in [0.1, 0.15) is 5.82 Å². The monoisotopic (exact) mass is 444 g/mol. The molecule has 0 bridgehead atoms. The number of esters is 1.